The number of ether oxygens (including phenoxy) is 2. The van der Waals surface area contributed by atoms with Crippen LogP contribution in [0.5, 0.6) is 0 Å². The normalized spacial score (nSPS) is 23.7. The number of aliphatic hydroxyl groups is 1. The minimum Gasteiger partial charge on any atom is -0.390 e. The van der Waals surface area contributed by atoms with Gasteiger partial charge < -0.3 is 14.6 Å². The van der Waals surface area contributed by atoms with Crippen LogP contribution in [0.3, 0.4) is 0 Å². The lowest BCUT2D eigenvalue weighted by Gasteiger charge is -2.15. The maximum atomic E-state index is 12.5. The average molecular weight is 345 g/mol. The summed E-state index contributed by atoms with van der Waals surface area (Å²) in [4.78, 5) is 37.4. The average Bonchev–Trinajstić information content (AvgIpc) is 3.40. The summed E-state index contributed by atoms with van der Waals surface area (Å²) in [6.07, 6.45) is 0.630. The van der Waals surface area contributed by atoms with Gasteiger partial charge in [-0.15, -0.1) is 0 Å². The van der Waals surface area contributed by atoms with Gasteiger partial charge in [0.25, 0.3) is 0 Å². The van der Waals surface area contributed by atoms with Crippen LogP contribution >= 0.6 is 11.8 Å². The lowest BCUT2D eigenvalue weighted by molar-refractivity contribution is 0.170. The molecule has 2 saturated heterocycles. The molecule has 2 fully saturated rings. The number of aliphatic hydroxyl groups excluding tert-OH is 1. The number of hydrogen-bond donors (Lipinski definition) is 1. The van der Waals surface area contributed by atoms with Gasteiger partial charge in [0.1, 0.15) is 0 Å². The molecule has 23 heavy (non-hydrogen) atoms. The smallest absolute Gasteiger partial charge is 0.336 e. The first-order chi connectivity index (χ1) is 11.0. The second-order valence-electron chi connectivity index (χ2n) is 5.70. The molecule has 1 N–H and O–H groups in total. The number of rotatable bonds is 8. The summed E-state index contributed by atoms with van der Waals surface area (Å²) >= 11 is 1.41. The molecular weight excluding hydrogens is 326 g/mol. The molecule has 0 radical (unpaired) electrons. The van der Waals surface area contributed by atoms with E-state index in [1.54, 1.807) is 0 Å². The maximum absolute atomic E-state index is 12.5. The van der Waals surface area contributed by atoms with Gasteiger partial charge in [0.05, 0.1) is 51.2 Å². The maximum Gasteiger partial charge on any atom is 0.336 e. The third-order valence-electron chi connectivity index (χ3n) is 3.71. The molecule has 1 aromatic rings. The summed E-state index contributed by atoms with van der Waals surface area (Å²) in [5, 5.41) is 9.93. The van der Waals surface area contributed by atoms with Crippen LogP contribution in [0, 0.1) is 0 Å². The second kappa shape index (κ2) is 6.63. The van der Waals surface area contributed by atoms with Crippen molar-refractivity contribution in [3.8, 4) is 0 Å². The third kappa shape index (κ3) is 3.77. The van der Waals surface area contributed by atoms with Crippen molar-refractivity contribution in [2.24, 2.45) is 0 Å². The fourth-order valence-electron chi connectivity index (χ4n) is 2.36. The van der Waals surface area contributed by atoms with Crippen LogP contribution in [0.2, 0.25) is 0 Å². The molecule has 128 valence electrons. The fraction of sp³-hybridized carbons (Fsp3) is 0.769. The van der Waals surface area contributed by atoms with E-state index in [9.17, 15) is 19.5 Å². The molecule has 0 saturated carbocycles. The zero-order valence-electron chi connectivity index (χ0n) is 12.7. The number of thioether (sulfide) groups is 1. The molecule has 2 aliphatic heterocycles. The fourth-order valence-corrected chi connectivity index (χ4v) is 2.85. The summed E-state index contributed by atoms with van der Waals surface area (Å²) < 4.78 is 13.1. The number of aromatic nitrogens is 3. The van der Waals surface area contributed by atoms with Gasteiger partial charge in [-0.25, -0.2) is 28.1 Å². The molecule has 0 bridgehead atoms. The molecule has 0 amide bonds. The largest absolute Gasteiger partial charge is 0.390 e. The topological polar surface area (TPSA) is 111 Å². The Morgan fingerprint density at radius 2 is 1.48 bits per heavy atom. The van der Waals surface area contributed by atoms with Crippen LogP contribution in [0.15, 0.2) is 14.4 Å². The Balaban J connectivity index is 2.02. The Kier molecular flexibility index (Phi) is 4.76. The van der Waals surface area contributed by atoms with Crippen LogP contribution in [0.1, 0.15) is 0 Å². The molecule has 0 aromatic carbocycles. The lowest BCUT2D eigenvalue weighted by atomic mass is 10.4. The highest BCUT2D eigenvalue weighted by atomic mass is 32.2. The van der Waals surface area contributed by atoms with Gasteiger partial charge in [-0.1, -0.05) is 0 Å². The first-order valence-corrected chi connectivity index (χ1v) is 8.75. The van der Waals surface area contributed by atoms with Crippen LogP contribution in [-0.2, 0) is 29.1 Å². The van der Waals surface area contributed by atoms with Gasteiger partial charge in [0, 0.05) is 5.75 Å². The summed E-state index contributed by atoms with van der Waals surface area (Å²) in [6.45, 7) is 1.07. The van der Waals surface area contributed by atoms with E-state index in [1.807, 2.05) is 6.26 Å². The predicted molar refractivity (Wildman–Crippen MR) is 83.1 cm³/mol. The minimum absolute atomic E-state index is 0.113. The second-order valence-corrected chi connectivity index (χ2v) is 6.61. The van der Waals surface area contributed by atoms with Crippen molar-refractivity contribution in [1.29, 1.82) is 0 Å². The SMILES string of the molecule is CSCC(O)Cn1c(=O)n(CC2CO2)c(=O)n(CC2CO2)c1=O. The van der Waals surface area contributed by atoms with Gasteiger partial charge in [0.2, 0.25) is 0 Å². The highest BCUT2D eigenvalue weighted by molar-refractivity contribution is 7.98. The summed E-state index contributed by atoms with van der Waals surface area (Å²) in [6, 6.07) is 0. The van der Waals surface area contributed by atoms with Crippen molar-refractivity contribution in [3.05, 3.63) is 31.5 Å². The van der Waals surface area contributed by atoms with E-state index in [4.69, 9.17) is 9.47 Å². The minimum atomic E-state index is -0.843. The van der Waals surface area contributed by atoms with E-state index in [0.29, 0.717) is 19.0 Å². The van der Waals surface area contributed by atoms with Gasteiger partial charge in [-0.3, -0.25) is 0 Å². The summed E-state index contributed by atoms with van der Waals surface area (Å²) in [5.74, 6) is 0.391. The molecule has 2 aliphatic rings. The van der Waals surface area contributed by atoms with Gasteiger partial charge in [-0.05, 0) is 6.26 Å². The molecule has 9 nitrogen and oxygen atoms in total. The van der Waals surface area contributed by atoms with Crippen LogP contribution in [-0.4, -0.2) is 62.3 Å². The monoisotopic (exact) mass is 345 g/mol. The van der Waals surface area contributed by atoms with Crippen molar-refractivity contribution in [1.82, 2.24) is 13.7 Å². The molecule has 3 rings (SSSR count). The molecular formula is C13H19N3O6S. The van der Waals surface area contributed by atoms with Gasteiger partial charge in [-0.2, -0.15) is 11.8 Å². The first-order valence-electron chi connectivity index (χ1n) is 7.36. The number of epoxide rings is 2. The van der Waals surface area contributed by atoms with Crippen molar-refractivity contribution < 1.29 is 14.6 Å². The van der Waals surface area contributed by atoms with E-state index in [1.165, 1.54) is 11.8 Å². The summed E-state index contributed by atoms with van der Waals surface area (Å²) in [5.41, 5.74) is -2.06. The van der Waals surface area contributed by atoms with Crippen molar-refractivity contribution >= 4 is 11.8 Å². The zero-order valence-corrected chi connectivity index (χ0v) is 13.5. The Labute approximate surface area is 135 Å². The van der Waals surface area contributed by atoms with Crippen molar-refractivity contribution in [2.75, 3.05) is 25.2 Å². The van der Waals surface area contributed by atoms with Gasteiger partial charge in [0.15, 0.2) is 0 Å². The van der Waals surface area contributed by atoms with Crippen molar-refractivity contribution in [2.45, 2.75) is 37.9 Å². The zero-order chi connectivity index (χ0) is 16.6. The predicted octanol–water partition coefficient (Wildman–Crippen LogP) is -2.31. The summed E-state index contributed by atoms with van der Waals surface area (Å²) in [7, 11) is 0. The molecule has 10 heteroatoms. The van der Waals surface area contributed by atoms with Crippen LogP contribution in [0.25, 0.3) is 0 Å². The Hall–Kier alpha value is -1.36. The molecule has 1 aromatic heterocycles. The van der Waals surface area contributed by atoms with Crippen LogP contribution in [0.4, 0.5) is 0 Å². The Morgan fingerprint density at radius 3 is 1.87 bits per heavy atom. The first kappa shape index (κ1) is 16.5. The highest BCUT2D eigenvalue weighted by Gasteiger charge is 2.29. The van der Waals surface area contributed by atoms with E-state index in [-0.39, 0.29) is 31.8 Å². The van der Waals surface area contributed by atoms with Crippen LogP contribution < -0.4 is 17.1 Å². The molecule has 3 atom stereocenters. The Morgan fingerprint density at radius 1 is 1.04 bits per heavy atom. The van der Waals surface area contributed by atoms with E-state index < -0.39 is 23.2 Å². The highest BCUT2D eigenvalue weighted by Crippen LogP contribution is 2.10. The number of nitrogens with zero attached hydrogens (tertiary/aromatic N) is 3. The Bertz CT molecular complexity index is 693. The quantitative estimate of drug-likeness (QED) is 0.527. The standard InChI is InChI=1S/C13H19N3O6S/c1-23-7-8(17)2-14-11(18)15(3-9-5-21-9)13(20)16(12(14)19)4-10-6-22-10/h8-10,17H,2-7H2,1H3. The van der Waals surface area contributed by atoms with E-state index in [0.717, 1.165) is 13.7 Å². The van der Waals surface area contributed by atoms with Gasteiger partial charge >= 0.3 is 17.1 Å². The van der Waals surface area contributed by atoms with E-state index >= 15 is 0 Å². The number of hydrogen-bond acceptors (Lipinski definition) is 7. The molecule has 3 heterocycles. The van der Waals surface area contributed by atoms with Crippen molar-refractivity contribution in [3.63, 3.8) is 0 Å². The molecule has 3 unspecified atom stereocenters. The third-order valence-corrected chi connectivity index (χ3v) is 4.43. The molecule has 0 aliphatic carbocycles. The van der Waals surface area contributed by atoms with E-state index in [2.05, 4.69) is 0 Å². The molecule has 0 spiro atoms. The lowest BCUT2D eigenvalue weighted by Crippen LogP contribution is -2.56.